The molecule has 6 nitrogen and oxygen atoms in total. The summed E-state index contributed by atoms with van der Waals surface area (Å²) in [5, 5.41) is 7.83. The summed E-state index contributed by atoms with van der Waals surface area (Å²) in [5.41, 5.74) is 4.25. The quantitative estimate of drug-likeness (QED) is 0.656. The number of hydrogen-bond donors (Lipinski definition) is 3. The van der Waals surface area contributed by atoms with Crippen molar-refractivity contribution in [3.63, 3.8) is 0 Å². The number of aryl methyl sites for hydroxylation is 3. The molecule has 0 aliphatic rings. The van der Waals surface area contributed by atoms with E-state index in [1.165, 1.54) is 0 Å². The maximum Gasteiger partial charge on any atom is 0.251 e. The van der Waals surface area contributed by atoms with Gasteiger partial charge in [0.25, 0.3) is 5.91 Å². The van der Waals surface area contributed by atoms with Crippen LogP contribution >= 0.6 is 15.9 Å². The highest BCUT2D eigenvalue weighted by Gasteiger charge is 2.11. The monoisotopic (exact) mass is 431 g/mol. The molecule has 27 heavy (non-hydrogen) atoms. The largest absolute Gasteiger partial charge is 0.345 e. The first-order valence-corrected chi connectivity index (χ1v) is 9.23. The molecule has 0 aliphatic heterocycles. The number of carbonyl (C=O) groups excluding carboxylic acids is 3. The fraction of sp³-hybridized carbons (Fsp3) is 0.250. The van der Waals surface area contributed by atoms with Crippen LogP contribution in [0.15, 0.2) is 40.9 Å². The molecule has 0 heterocycles. The first-order chi connectivity index (χ1) is 12.8. The minimum atomic E-state index is -0.439. The second-order valence-electron chi connectivity index (χ2n) is 6.29. The van der Waals surface area contributed by atoms with E-state index in [0.717, 1.165) is 26.9 Å². The van der Waals surface area contributed by atoms with E-state index in [2.05, 4.69) is 31.9 Å². The van der Waals surface area contributed by atoms with Crippen LogP contribution < -0.4 is 16.0 Å². The van der Waals surface area contributed by atoms with Crippen LogP contribution in [0.3, 0.4) is 0 Å². The average Bonchev–Trinajstić information content (AvgIpc) is 2.60. The highest BCUT2D eigenvalue weighted by Crippen LogP contribution is 2.21. The number of benzene rings is 2. The van der Waals surface area contributed by atoms with Gasteiger partial charge in [-0.3, -0.25) is 14.4 Å². The van der Waals surface area contributed by atoms with Gasteiger partial charge in [-0.2, -0.15) is 0 Å². The summed E-state index contributed by atoms with van der Waals surface area (Å²) < 4.78 is 0.776. The highest BCUT2D eigenvalue weighted by molar-refractivity contribution is 9.10. The van der Waals surface area contributed by atoms with Gasteiger partial charge < -0.3 is 16.0 Å². The lowest BCUT2D eigenvalue weighted by Crippen LogP contribution is -2.40. The second kappa shape index (κ2) is 9.32. The molecule has 2 aromatic rings. The van der Waals surface area contributed by atoms with Gasteiger partial charge in [0.05, 0.1) is 13.1 Å². The minimum absolute atomic E-state index is 0.168. The third-order valence-corrected chi connectivity index (χ3v) is 4.38. The number of amides is 3. The van der Waals surface area contributed by atoms with E-state index >= 15 is 0 Å². The van der Waals surface area contributed by atoms with E-state index < -0.39 is 5.91 Å². The van der Waals surface area contributed by atoms with Gasteiger partial charge in [-0.1, -0.05) is 39.7 Å². The number of anilines is 1. The molecule has 0 saturated heterocycles. The molecule has 0 spiro atoms. The van der Waals surface area contributed by atoms with Gasteiger partial charge >= 0.3 is 0 Å². The van der Waals surface area contributed by atoms with Gasteiger partial charge in [0.15, 0.2) is 0 Å². The molecule has 0 fully saturated rings. The van der Waals surface area contributed by atoms with Gasteiger partial charge in [-0.15, -0.1) is 0 Å². The van der Waals surface area contributed by atoms with Crippen LogP contribution in [0.4, 0.5) is 5.69 Å². The van der Waals surface area contributed by atoms with Crippen LogP contribution in [0.2, 0.25) is 0 Å². The smallest absolute Gasteiger partial charge is 0.251 e. The van der Waals surface area contributed by atoms with Gasteiger partial charge in [0.1, 0.15) is 0 Å². The molecule has 0 bridgehead atoms. The maximum atomic E-state index is 12.1. The van der Waals surface area contributed by atoms with Crippen molar-refractivity contribution < 1.29 is 14.4 Å². The standard InChI is InChI=1S/C20H22BrN3O3/c1-12-7-13(2)19(14(3)8-12)24-18(26)11-22-17(25)10-23-20(27)15-5-4-6-16(21)9-15/h4-9H,10-11H2,1-3H3,(H,22,25)(H,23,27)(H,24,26). The first-order valence-electron chi connectivity index (χ1n) is 8.44. The van der Waals surface area contributed by atoms with Crippen LogP contribution in [0.25, 0.3) is 0 Å². The van der Waals surface area contributed by atoms with Crippen molar-refractivity contribution in [2.45, 2.75) is 20.8 Å². The van der Waals surface area contributed by atoms with Crippen molar-refractivity contribution in [3.05, 3.63) is 63.1 Å². The van der Waals surface area contributed by atoms with E-state index in [-0.39, 0.29) is 24.9 Å². The van der Waals surface area contributed by atoms with Crippen LogP contribution in [0.1, 0.15) is 27.0 Å². The predicted molar refractivity (Wildman–Crippen MR) is 109 cm³/mol. The molecular weight excluding hydrogens is 410 g/mol. The number of hydrogen-bond acceptors (Lipinski definition) is 3. The van der Waals surface area contributed by atoms with Crippen LogP contribution in [0.5, 0.6) is 0 Å². The summed E-state index contributed by atoms with van der Waals surface area (Å²) in [6.45, 7) is 5.46. The minimum Gasteiger partial charge on any atom is -0.345 e. The summed E-state index contributed by atoms with van der Waals surface area (Å²) in [6, 6.07) is 10.8. The molecule has 0 aliphatic carbocycles. The van der Waals surface area contributed by atoms with Crippen molar-refractivity contribution in [3.8, 4) is 0 Å². The van der Waals surface area contributed by atoms with E-state index in [4.69, 9.17) is 0 Å². The van der Waals surface area contributed by atoms with Gasteiger partial charge in [0, 0.05) is 15.7 Å². The van der Waals surface area contributed by atoms with Crippen LogP contribution in [-0.2, 0) is 9.59 Å². The molecule has 2 rings (SSSR count). The predicted octanol–water partition coefficient (Wildman–Crippen LogP) is 2.86. The number of nitrogens with one attached hydrogen (secondary N) is 3. The Hall–Kier alpha value is -2.67. The Bertz CT molecular complexity index is 858. The molecule has 7 heteroatoms. The topological polar surface area (TPSA) is 87.3 Å². The summed E-state index contributed by atoms with van der Waals surface area (Å²) in [6.07, 6.45) is 0. The molecular formula is C20H22BrN3O3. The van der Waals surface area contributed by atoms with Crippen molar-refractivity contribution in [1.29, 1.82) is 0 Å². The molecule has 3 N–H and O–H groups in total. The van der Waals surface area contributed by atoms with Gasteiger partial charge in [-0.25, -0.2) is 0 Å². The first kappa shape index (κ1) is 20.6. The molecule has 3 amide bonds. The van der Waals surface area contributed by atoms with Gasteiger partial charge in [0.2, 0.25) is 11.8 Å². The van der Waals surface area contributed by atoms with Crippen LogP contribution in [0, 0.1) is 20.8 Å². The lowest BCUT2D eigenvalue weighted by molar-refractivity contribution is -0.123. The molecule has 0 unspecified atom stereocenters. The lowest BCUT2D eigenvalue weighted by atomic mass is 10.1. The SMILES string of the molecule is Cc1cc(C)c(NC(=O)CNC(=O)CNC(=O)c2cccc(Br)c2)c(C)c1. The van der Waals surface area contributed by atoms with Gasteiger partial charge in [-0.05, 0) is 50.1 Å². The summed E-state index contributed by atoms with van der Waals surface area (Å²) in [4.78, 5) is 35.9. The Morgan fingerprint density at radius 1 is 0.889 bits per heavy atom. The summed E-state index contributed by atoms with van der Waals surface area (Å²) >= 11 is 3.29. The zero-order chi connectivity index (χ0) is 20.0. The van der Waals surface area contributed by atoms with E-state index in [0.29, 0.717) is 5.56 Å². The maximum absolute atomic E-state index is 12.1. The van der Waals surface area contributed by atoms with E-state index in [1.807, 2.05) is 32.9 Å². The fourth-order valence-electron chi connectivity index (χ4n) is 2.69. The Morgan fingerprint density at radius 3 is 2.15 bits per heavy atom. The van der Waals surface area contributed by atoms with Crippen molar-refractivity contribution in [2.75, 3.05) is 18.4 Å². The zero-order valence-corrected chi connectivity index (χ0v) is 17.1. The Kier molecular flexibility index (Phi) is 7.12. The number of carbonyl (C=O) groups is 3. The highest BCUT2D eigenvalue weighted by atomic mass is 79.9. The lowest BCUT2D eigenvalue weighted by Gasteiger charge is -2.13. The Morgan fingerprint density at radius 2 is 1.52 bits per heavy atom. The Labute approximate surface area is 166 Å². The second-order valence-corrected chi connectivity index (χ2v) is 7.21. The zero-order valence-electron chi connectivity index (χ0n) is 15.5. The normalized spacial score (nSPS) is 10.2. The fourth-order valence-corrected chi connectivity index (χ4v) is 3.09. The van der Waals surface area contributed by atoms with E-state index in [1.54, 1.807) is 24.3 Å². The average molecular weight is 432 g/mol. The van der Waals surface area contributed by atoms with Crippen molar-refractivity contribution in [1.82, 2.24) is 10.6 Å². The molecule has 0 radical (unpaired) electrons. The molecule has 142 valence electrons. The molecule has 0 atom stereocenters. The number of rotatable bonds is 6. The third kappa shape index (κ3) is 6.21. The molecule has 0 aromatic heterocycles. The van der Waals surface area contributed by atoms with E-state index in [9.17, 15) is 14.4 Å². The van der Waals surface area contributed by atoms with Crippen LogP contribution in [-0.4, -0.2) is 30.8 Å². The Balaban J connectivity index is 1.80. The summed E-state index contributed by atoms with van der Waals surface area (Å²) in [7, 11) is 0. The van der Waals surface area contributed by atoms with Crippen molar-refractivity contribution >= 4 is 39.3 Å². The molecule has 2 aromatic carbocycles. The van der Waals surface area contributed by atoms with Crippen molar-refractivity contribution in [2.24, 2.45) is 0 Å². The third-order valence-electron chi connectivity index (χ3n) is 3.88. The molecule has 0 saturated carbocycles. The number of halogens is 1. The summed E-state index contributed by atoms with van der Waals surface area (Å²) in [5.74, 6) is -1.12.